The Kier molecular flexibility index (Phi) is 3.28. The molecule has 2 N–H and O–H groups in total. The third-order valence-electron chi connectivity index (χ3n) is 4.29. The van der Waals surface area contributed by atoms with E-state index < -0.39 is 0 Å². The Labute approximate surface area is 140 Å². The van der Waals surface area contributed by atoms with Crippen LogP contribution < -0.4 is 5.73 Å². The Morgan fingerprint density at radius 3 is 2.54 bits per heavy atom. The van der Waals surface area contributed by atoms with Gasteiger partial charge in [-0.15, -0.1) is 0 Å². The summed E-state index contributed by atoms with van der Waals surface area (Å²) in [5, 5.41) is 2.06. The van der Waals surface area contributed by atoms with E-state index in [0.717, 1.165) is 44.1 Å². The fourth-order valence-electron chi connectivity index (χ4n) is 2.99. The van der Waals surface area contributed by atoms with Gasteiger partial charge in [0.1, 0.15) is 5.52 Å². The molecule has 0 aliphatic rings. The lowest BCUT2D eigenvalue weighted by Crippen LogP contribution is -1.97. The molecule has 24 heavy (non-hydrogen) atoms. The number of hydrogen-bond donors (Lipinski definition) is 1. The summed E-state index contributed by atoms with van der Waals surface area (Å²) in [7, 11) is 0. The molecule has 0 fully saturated rings. The predicted molar refractivity (Wildman–Crippen MR) is 101 cm³/mol. The summed E-state index contributed by atoms with van der Waals surface area (Å²) in [4.78, 5) is 9.04. The maximum atomic E-state index is 6.11. The molecule has 0 aliphatic carbocycles. The fraction of sp³-hybridized carbons (Fsp3) is 0.0476. The highest BCUT2D eigenvalue weighted by Gasteiger charge is 2.10. The normalized spacial score (nSPS) is 11.0. The van der Waals surface area contributed by atoms with Gasteiger partial charge in [0.15, 0.2) is 5.82 Å². The number of fused-ring (bicyclic) bond motifs is 3. The van der Waals surface area contributed by atoms with Crippen LogP contribution >= 0.6 is 0 Å². The molecule has 0 radical (unpaired) electrons. The van der Waals surface area contributed by atoms with Crippen LogP contribution in [0.3, 0.4) is 0 Å². The standard InChI is InChI=1S/C21H17N3/c1-13-8-9-17-18-11-16(14(2)15-6-4-3-5-7-15)12-23-20(18)21(22)24-19(17)10-13/h3-12H,2H2,1H3,(H2,22,24). The maximum Gasteiger partial charge on any atom is 0.150 e. The minimum absolute atomic E-state index is 0.458. The first-order chi connectivity index (χ1) is 11.6. The fourth-order valence-corrected chi connectivity index (χ4v) is 2.99. The number of nitrogens with two attached hydrogens (primary N) is 1. The van der Waals surface area contributed by atoms with Gasteiger partial charge in [-0.25, -0.2) is 4.98 Å². The van der Waals surface area contributed by atoms with E-state index in [1.54, 1.807) is 0 Å². The van der Waals surface area contributed by atoms with E-state index >= 15 is 0 Å². The second-order valence-electron chi connectivity index (χ2n) is 5.98. The highest BCUT2D eigenvalue weighted by Crippen LogP contribution is 2.30. The Morgan fingerprint density at radius 1 is 0.958 bits per heavy atom. The van der Waals surface area contributed by atoms with E-state index in [2.05, 4.69) is 46.9 Å². The molecule has 0 saturated carbocycles. The summed E-state index contributed by atoms with van der Waals surface area (Å²) in [6, 6.07) is 18.4. The molecule has 2 aromatic heterocycles. The van der Waals surface area contributed by atoms with Gasteiger partial charge in [-0.05, 0) is 35.8 Å². The molecule has 3 heteroatoms. The molecular formula is C21H17N3. The van der Waals surface area contributed by atoms with E-state index in [0.29, 0.717) is 5.82 Å². The van der Waals surface area contributed by atoms with Crippen LogP contribution in [0, 0.1) is 6.92 Å². The van der Waals surface area contributed by atoms with E-state index in [9.17, 15) is 0 Å². The number of hydrogen-bond acceptors (Lipinski definition) is 3. The van der Waals surface area contributed by atoms with Gasteiger partial charge in [-0.3, -0.25) is 4.98 Å². The third kappa shape index (κ3) is 2.31. The first-order valence-electron chi connectivity index (χ1n) is 7.84. The monoisotopic (exact) mass is 311 g/mol. The Bertz CT molecular complexity index is 1080. The Hall–Kier alpha value is -3.20. The van der Waals surface area contributed by atoms with Gasteiger partial charge < -0.3 is 5.73 Å². The van der Waals surface area contributed by atoms with E-state index in [4.69, 9.17) is 5.73 Å². The molecule has 0 aliphatic heterocycles. The number of aromatic nitrogens is 2. The molecule has 0 saturated heterocycles. The molecule has 3 nitrogen and oxygen atoms in total. The zero-order valence-electron chi connectivity index (χ0n) is 13.5. The van der Waals surface area contributed by atoms with Crippen molar-refractivity contribution in [2.24, 2.45) is 0 Å². The summed E-state index contributed by atoms with van der Waals surface area (Å²) < 4.78 is 0. The number of aryl methyl sites for hydroxylation is 1. The number of nitrogen functional groups attached to an aromatic ring is 1. The van der Waals surface area contributed by atoms with Crippen molar-refractivity contribution in [3.63, 3.8) is 0 Å². The van der Waals surface area contributed by atoms with Crippen molar-refractivity contribution in [1.82, 2.24) is 9.97 Å². The van der Waals surface area contributed by atoms with E-state index in [-0.39, 0.29) is 0 Å². The van der Waals surface area contributed by atoms with Crippen molar-refractivity contribution in [1.29, 1.82) is 0 Å². The highest BCUT2D eigenvalue weighted by molar-refractivity contribution is 6.09. The topological polar surface area (TPSA) is 51.8 Å². The van der Waals surface area contributed by atoms with Crippen molar-refractivity contribution < 1.29 is 0 Å². The maximum absolute atomic E-state index is 6.11. The minimum Gasteiger partial charge on any atom is -0.382 e. The molecule has 116 valence electrons. The summed E-state index contributed by atoms with van der Waals surface area (Å²) in [6.07, 6.45) is 1.82. The number of pyridine rings is 2. The largest absolute Gasteiger partial charge is 0.382 e. The SMILES string of the molecule is C=C(c1ccccc1)c1cnc2c(N)nc3cc(C)ccc3c2c1. The van der Waals surface area contributed by atoms with Crippen molar-refractivity contribution in [2.75, 3.05) is 5.73 Å². The summed E-state index contributed by atoms with van der Waals surface area (Å²) in [5.74, 6) is 0.458. The first-order valence-corrected chi connectivity index (χ1v) is 7.84. The molecule has 0 bridgehead atoms. The summed E-state index contributed by atoms with van der Waals surface area (Å²) in [5.41, 5.74) is 11.9. The van der Waals surface area contributed by atoms with Crippen molar-refractivity contribution >= 4 is 33.2 Å². The Morgan fingerprint density at radius 2 is 1.75 bits per heavy atom. The molecule has 0 amide bonds. The van der Waals surface area contributed by atoms with Crippen molar-refractivity contribution in [2.45, 2.75) is 6.92 Å². The zero-order chi connectivity index (χ0) is 16.7. The second-order valence-corrected chi connectivity index (χ2v) is 5.98. The lowest BCUT2D eigenvalue weighted by atomic mass is 9.98. The molecular weight excluding hydrogens is 294 g/mol. The van der Waals surface area contributed by atoms with Crippen LogP contribution in [0.4, 0.5) is 5.82 Å². The zero-order valence-corrected chi connectivity index (χ0v) is 13.5. The predicted octanol–water partition coefficient (Wildman–Crippen LogP) is 4.74. The van der Waals surface area contributed by atoms with Crippen LogP contribution in [-0.2, 0) is 0 Å². The van der Waals surface area contributed by atoms with E-state index in [1.165, 1.54) is 0 Å². The average molecular weight is 311 g/mol. The third-order valence-corrected chi connectivity index (χ3v) is 4.29. The van der Waals surface area contributed by atoms with Gasteiger partial charge >= 0.3 is 0 Å². The molecule has 2 heterocycles. The smallest absolute Gasteiger partial charge is 0.150 e. The number of nitrogens with zero attached hydrogens (tertiary/aromatic N) is 2. The second kappa shape index (κ2) is 5.46. The van der Waals surface area contributed by atoms with Crippen LogP contribution in [0.15, 0.2) is 67.4 Å². The van der Waals surface area contributed by atoms with Gasteiger partial charge in [0.05, 0.1) is 5.52 Å². The molecule has 2 aromatic carbocycles. The number of anilines is 1. The van der Waals surface area contributed by atoms with Crippen LogP contribution in [0.2, 0.25) is 0 Å². The molecule has 0 spiro atoms. The Balaban J connectivity index is 1.97. The van der Waals surface area contributed by atoms with Gasteiger partial charge in [-0.2, -0.15) is 0 Å². The number of rotatable bonds is 2. The van der Waals surface area contributed by atoms with Gasteiger partial charge in [0, 0.05) is 22.5 Å². The highest BCUT2D eigenvalue weighted by atomic mass is 14.9. The minimum atomic E-state index is 0.458. The lowest BCUT2D eigenvalue weighted by molar-refractivity contribution is 1.34. The summed E-state index contributed by atoms with van der Waals surface area (Å²) in [6.45, 7) is 6.28. The van der Waals surface area contributed by atoms with Gasteiger partial charge in [0.25, 0.3) is 0 Å². The van der Waals surface area contributed by atoms with Crippen molar-refractivity contribution in [3.05, 3.63) is 84.1 Å². The van der Waals surface area contributed by atoms with Crippen LogP contribution in [0.1, 0.15) is 16.7 Å². The molecule has 4 rings (SSSR count). The average Bonchev–Trinajstić information content (AvgIpc) is 2.61. The summed E-state index contributed by atoms with van der Waals surface area (Å²) >= 11 is 0. The quantitative estimate of drug-likeness (QED) is 0.544. The molecule has 0 unspecified atom stereocenters. The van der Waals surface area contributed by atoms with Crippen LogP contribution in [-0.4, -0.2) is 9.97 Å². The van der Waals surface area contributed by atoms with Crippen molar-refractivity contribution in [3.8, 4) is 0 Å². The first kappa shape index (κ1) is 14.4. The van der Waals surface area contributed by atoms with E-state index in [1.807, 2.05) is 37.4 Å². The van der Waals surface area contributed by atoms with Crippen LogP contribution in [0.25, 0.3) is 27.4 Å². The molecule has 0 atom stereocenters. The van der Waals surface area contributed by atoms with Gasteiger partial charge in [-0.1, -0.05) is 49.0 Å². The number of benzene rings is 2. The van der Waals surface area contributed by atoms with Gasteiger partial charge in [0.2, 0.25) is 0 Å². The molecule has 4 aromatic rings. The lowest BCUT2D eigenvalue weighted by Gasteiger charge is -2.10. The van der Waals surface area contributed by atoms with Crippen LogP contribution in [0.5, 0.6) is 0 Å².